The molecular formula is C28H26ClN3O5. The van der Waals surface area contributed by atoms with Crippen molar-refractivity contribution < 1.29 is 24.2 Å². The zero-order chi connectivity index (χ0) is 26.4. The molecule has 1 aliphatic carbocycles. The SMILES string of the molecule is NCc1cc(C=C2CC(C(=O)O)C2)cc(NC(=O)c2cc(Cl)cc(NC(=O)OCc3ccccc3)c2)c1. The number of ether oxygens (including phenoxy) is 1. The molecule has 5 N–H and O–H groups in total. The lowest BCUT2D eigenvalue weighted by atomic mass is 9.79. The Balaban J connectivity index is 1.43. The minimum Gasteiger partial charge on any atom is -0.481 e. The van der Waals surface area contributed by atoms with Crippen molar-refractivity contribution in [1.29, 1.82) is 0 Å². The molecule has 8 nitrogen and oxygen atoms in total. The van der Waals surface area contributed by atoms with Gasteiger partial charge in [0.1, 0.15) is 6.61 Å². The van der Waals surface area contributed by atoms with Crippen molar-refractivity contribution in [3.8, 4) is 0 Å². The smallest absolute Gasteiger partial charge is 0.411 e. The van der Waals surface area contributed by atoms with Crippen LogP contribution in [-0.4, -0.2) is 23.1 Å². The molecule has 0 atom stereocenters. The number of carbonyl (C=O) groups is 3. The molecule has 0 heterocycles. The number of allylic oxidation sites excluding steroid dienone is 1. The number of carbonyl (C=O) groups excluding carboxylic acids is 2. The Bertz CT molecular complexity index is 1350. The van der Waals surface area contributed by atoms with Gasteiger partial charge in [0.05, 0.1) is 5.92 Å². The van der Waals surface area contributed by atoms with Crippen molar-refractivity contribution in [2.45, 2.75) is 26.0 Å². The van der Waals surface area contributed by atoms with Crippen molar-refractivity contribution >= 4 is 47.0 Å². The van der Waals surface area contributed by atoms with Crippen molar-refractivity contribution in [2.75, 3.05) is 10.6 Å². The number of benzene rings is 3. The zero-order valence-electron chi connectivity index (χ0n) is 19.9. The Labute approximate surface area is 219 Å². The lowest BCUT2D eigenvalue weighted by molar-refractivity contribution is -0.143. The number of carboxylic acids is 1. The van der Waals surface area contributed by atoms with E-state index in [2.05, 4.69) is 10.6 Å². The van der Waals surface area contributed by atoms with E-state index in [1.807, 2.05) is 42.5 Å². The molecule has 0 saturated heterocycles. The van der Waals surface area contributed by atoms with Crippen LogP contribution in [0.15, 0.2) is 72.3 Å². The minimum absolute atomic E-state index is 0.105. The third-order valence-electron chi connectivity index (χ3n) is 5.87. The molecule has 4 rings (SSSR count). The second kappa shape index (κ2) is 11.7. The minimum atomic E-state index is -0.791. The molecule has 0 radical (unpaired) electrons. The predicted molar refractivity (Wildman–Crippen MR) is 142 cm³/mol. The van der Waals surface area contributed by atoms with Gasteiger partial charge in [0.2, 0.25) is 0 Å². The molecule has 1 saturated carbocycles. The van der Waals surface area contributed by atoms with Crippen LogP contribution in [0.4, 0.5) is 16.2 Å². The number of amides is 2. The maximum atomic E-state index is 13.0. The second-order valence-electron chi connectivity index (χ2n) is 8.78. The van der Waals surface area contributed by atoms with Crippen LogP contribution in [0.2, 0.25) is 5.02 Å². The van der Waals surface area contributed by atoms with Gasteiger partial charge in [0, 0.05) is 28.5 Å². The number of halogens is 1. The van der Waals surface area contributed by atoms with E-state index in [-0.39, 0.29) is 29.7 Å². The van der Waals surface area contributed by atoms with Gasteiger partial charge in [-0.1, -0.05) is 59.6 Å². The number of nitrogens with two attached hydrogens (primary N) is 1. The normalized spacial score (nSPS) is 14.3. The first kappa shape index (κ1) is 25.9. The maximum absolute atomic E-state index is 13.0. The zero-order valence-corrected chi connectivity index (χ0v) is 20.6. The van der Waals surface area contributed by atoms with Crippen LogP contribution in [0.1, 0.15) is 39.9 Å². The Morgan fingerprint density at radius 3 is 2.41 bits per heavy atom. The summed E-state index contributed by atoms with van der Waals surface area (Å²) in [5.41, 5.74) is 10.4. The maximum Gasteiger partial charge on any atom is 0.411 e. The van der Waals surface area contributed by atoms with E-state index in [1.54, 1.807) is 12.1 Å². The van der Waals surface area contributed by atoms with Crippen LogP contribution in [-0.2, 0) is 22.7 Å². The Kier molecular flexibility index (Phi) is 8.22. The first-order valence-corrected chi connectivity index (χ1v) is 12.0. The summed E-state index contributed by atoms with van der Waals surface area (Å²) in [6.45, 7) is 0.376. The summed E-state index contributed by atoms with van der Waals surface area (Å²) in [6, 6.07) is 19.2. The summed E-state index contributed by atoms with van der Waals surface area (Å²) in [4.78, 5) is 36.3. The van der Waals surface area contributed by atoms with Crippen LogP contribution >= 0.6 is 11.6 Å². The van der Waals surface area contributed by atoms with E-state index in [4.69, 9.17) is 27.2 Å². The fraction of sp³-hybridized carbons (Fsp3) is 0.179. The highest BCUT2D eigenvalue weighted by Gasteiger charge is 2.29. The van der Waals surface area contributed by atoms with Gasteiger partial charge < -0.3 is 20.9 Å². The molecule has 2 amide bonds. The summed E-state index contributed by atoms with van der Waals surface area (Å²) in [5, 5.41) is 14.8. The molecule has 0 aromatic heterocycles. The van der Waals surface area contributed by atoms with Crippen LogP contribution in [0.5, 0.6) is 0 Å². The van der Waals surface area contributed by atoms with E-state index in [9.17, 15) is 14.4 Å². The first-order valence-electron chi connectivity index (χ1n) is 11.6. The number of anilines is 2. The topological polar surface area (TPSA) is 131 Å². The molecule has 0 spiro atoms. The Morgan fingerprint density at radius 1 is 0.973 bits per heavy atom. The number of nitrogens with one attached hydrogen (secondary N) is 2. The first-order chi connectivity index (χ1) is 17.8. The largest absolute Gasteiger partial charge is 0.481 e. The van der Waals surface area contributed by atoms with Crippen molar-refractivity contribution in [2.24, 2.45) is 11.7 Å². The fourth-order valence-corrected chi connectivity index (χ4v) is 4.20. The lowest BCUT2D eigenvalue weighted by Gasteiger charge is -2.25. The second-order valence-corrected chi connectivity index (χ2v) is 9.22. The number of carboxylic acid groups (broad SMARTS) is 1. The Morgan fingerprint density at radius 2 is 1.70 bits per heavy atom. The summed E-state index contributed by atoms with van der Waals surface area (Å²) < 4.78 is 5.23. The van der Waals surface area contributed by atoms with Crippen LogP contribution in [0.25, 0.3) is 6.08 Å². The molecular weight excluding hydrogens is 494 g/mol. The van der Waals surface area contributed by atoms with E-state index in [1.165, 1.54) is 18.2 Å². The molecule has 37 heavy (non-hydrogen) atoms. The van der Waals surface area contributed by atoms with Gasteiger partial charge in [0.25, 0.3) is 5.91 Å². The van der Waals surface area contributed by atoms with Gasteiger partial charge in [-0.25, -0.2) is 4.79 Å². The summed E-state index contributed by atoms with van der Waals surface area (Å²) in [7, 11) is 0. The quantitative estimate of drug-likeness (QED) is 0.303. The van der Waals surface area contributed by atoms with Crippen LogP contribution in [0.3, 0.4) is 0 Å². The van der Waals surface area contributed by atoms with Gasteiger partial charge in [0.15, 0.2) is 0 Å². The number of rotatable bonds is 8. The highest BCUT2D eigenvalue weighted by atomic mass is 35.5. The molecule has 3 aromatic rings. The summed E-state index contributed by atoms with van der Waals surface area (Å²) in [6.07, 6.45) is 2.27. The van der Waals surface area contributed by atoms with Crippen molar-refractivity contribution in [3.63, 3.8) is 0 Å². The van der Waals surface area contributed by atoms with E-state index >= 15 is 0 Å². The Hall–Kier alpha value is -4.14. The molecule has 9 heteroatoms. The fourth-order valence-electron chi connectivity index (χ4n) is 3.97. The lowest BCUT2D eigenvalue weighted by Crippen LogP contribution is -2.23. The van der Waals surface area contributed by atoms with E-state index < -0.39 is 18.0 Å². The van der Waals surface area contributed by atoms with Gasteiger partial charge >= 0.3 is 12.1 Å². The summed E-state index contributed by atoms with van der Waals surface area (Å²) >= 11 is 6.20. The predicted octanol–water partition coefficient (Wildman–Crippen LogP) is 5.68. The number of hydrogen-bond donors (Lipinski definition) is 4. The average Bonchev–Trinajstić information content (AvgIpc) is 2.84. The van der Waals surface area contributed by atoms with Crippen molar-refractivity contribution in [3.05, 3.63) is 99.6 Å². The van der Waals surface area contributed by atoms with Crippen LogP contribution in [0, 0.1) is 5.92 Å². The molecule has 0 aliphatic heterocycles. The third-order valence-corrected chi connectivity index (χ3v) is 6.08. The number of hydrogen-bond acceptors (Lipinski definition) is 5. The molecule has 1 aliphatic rings. The monoisotopic (exact) mass is 519 g/mol. The van der Waals surface area contributed by atoms with Crippen LogP contribution < -0.4 is 16.4 Å². The number of aliphatic carboxylic acids is 1. The average molecular weight is 520 g/mol. The highest BCUT2D eigenvalue weighted by Crippen LogP contribution is 2.35. The molecule has 0 unspecified atom stereocenters. The standard InChI is InChI=1S/C28H26ClN3O5/c29-23-12-21(13-25(14-23)32-28(36)37-16-17-4-2-1-3-5-17)26(33)31-24-10-18(7-20(11-24)15-30)6-19-8-22(9-19)27(34)35/h1-7,10-14,22H,8-9,15-16,30H2,(H,31,33)(H,32,36)(H,34,35). The molecule has 0 bridgehead atoms. The van der Waals surface area contributed by atoms with Gasteiger partial charge in [-0.3, -0.25) is 14.9 Å². The molecule has 1 fully saturated rings. The molecule has 190 valence electrons. The molecule has 3 aromatic carbocycles. The van der Waals surface area contributed by atoms with Gasteiger partial charge in [-0.2, -0.15) is 0 Å². The van der Waals surface area contributed by atoms with E-state index in [0.29, 0.717) is 24.2 Å². The van der Waals surface area contributed by atoms with Gasteiger partial charge in [-0.15, -0.1) is 0 Å². The van der Waals surface area contributed by atoms with Crippen molar-refractivity contribution in [1.82, 2.24) is 0 Å². The van der Waals surface area contributed by atoms with E-state index in [0.717, 1.165) is 22.3 Å². The highest BCUT2D eigenvalue weighted by molar-refractivity contribution is 6.31. The summed E-state index contributed by atoms with van der Waals surface area (Å²) in [5.74, 6) is -1.56. The van der Waals surface area contributed by atoms with Gasteiger partial charge in [-0.05, 0) is 59.9 Å². The third kappa shape index (κ3) is 7.19.